The summed E-state index contributed by atoms with van der Waals surface area (Å²) in [5.41, 5.74) is 14.7. The zero-order valence-corrected chi connectivity index (χ0v) is 11.1. The van der Waals surface area contributed by atoms with Gasteiger partial charge in [-0.2, -0.15) is 8.42 Å². The molecule has 0 aliphatic rings. The maximum Gasteiger partial charge on any atom is 0.320 e. The highest BCUT2D eigenvalue weighted by atomic mass is 32.2. The number of aliphatic carboxylic acids is 1. The second kappa shape index (κ2) is 10.5. The van der Waals surface area contributed by atoms with Crippen molar-refractivity contribution in [2.75, 3.05) is 18.8 Å². The molecule has 0 spiro atoms. The maximum atomic E-state index is 10.2. The number of urea groups is 1. The van der Waals surface area contributed by atoms with Crippen molar-refractivity contribution in [2.45, 2.75) is 18.9 Å². The van der Waals surface area contributed by atoms with Gasteiger partial charge in [0.25, 0.3) is 10.1 Å². The monoisotopic (exact) mass is 300 g/mol. The van der Waals surface area contributed by atoms with E-state index in [0.29, 0.717) is 19.4 Å². The van der Waals surface area contributed by atoms with E-state index in [1.54, 1.807) is 0 Å². The van der Waals surface area contributed by atoms with Crippen LogP contribution in [0.1, 0.15) is 12.8 Å². The van der Waals surface area contributed by atoms with Gasteiger partial charge in [0, 0.05) is 13.1 Å². The Balaban J connectivity index is 0. The Morgan fingerprint density at radius 3 is 2.11 bits per heavy atom. The van der Waals surface area contributed by atoms with E-state index in [-0.39, 0.29) is 12.3 Å². The minimum Gasteiger partial charge on any atom is -0.480 e. The summed E-state index contributed by atoms with van der Waals surface area (Å²) in [4.78, 5) is 20.3. The first-order chi connectivity index (χ1) is 8.60. The molecule has 10 nitrogen and oxygen atoms in total. The highest BCUT2D eigenvalue weighted by Gasteiger charge is 2.09. The van der Waals surface area contributed by atoms with Gasteiger partial charge in [-0.3, -0.25) is 9.35 Å². The third-order valence-electron chi connectivity index (χ3n) is 1.68. The first kappa shape index (κ1) is 19.9. The van der Waals surface area contributed by atoms with Crippen LogP contribution >= 0.6 is 0 Å². The molecule has 114 valence electrons. The lowest BCUT2D eigenvalue weighted by Gasteiger charge is -2.05. The Kier molecular flexibility index (Phi) is 11.0. The number of nitrogens with one attached hydrogen (secondary N) is 1. The summed E-state index contributed by atoms with van der Waals surface area (Å²) in [6.07, 6.45) is 0.839. The molecule has 0 saturated carbocycles. The fourth-order valence-corrected chi connectivity index (χ4v) is 1.10. The number of hydrogen-bond donors (Lipinski definition) is 6. The van der Waals surface area contributed by atoms with Crippen LogP contribution in [0, 0.1) is 0 Å². The number of carbonyl (C=O) groups is 2. The predicted molar refractivity (Wildman–Crippen MR) is 67.9 cm³/mol. The van der Waals surface area contributed by atoms with Gasteiger partial charge in [-0.25, -0.2) is 4.79 Å². The van der Waals surface area contributed by atoms with Crippen LogP contribution in [0.5, 0.6) is 0 Å². The van der Waals surface area contributed by atoms with Crippen molar-refractivity contribution in [3.8, 4) is 0 Å². The van der Waals surface area contributed by atoms with Gasteiger partial charge in [0.15, 0.2) is 0 Å². The molecule has 0 aromatic carbocycles. The lowest BCUT2D eigenvalue weighted by Crippen LogP contribution is -2.33. The van der Waals surface area contributed by atoms with Crippen LogP contribution in [0.25, 0.3) is 0 Å². The summed E-state index contributed by atoms with van der Waals surface area (Å²) in [6.45, 7) is 0.329. The van der Waals surface area contributed by atoms with Gasteiger partial charge in [0.1, 0.15) is 6.04 Å². The Morgan fingerprint density at radius 1 is 1.32 bits per heavy atom. The van der Waals surface area contributed by atoms with Gasteiger partial charge >= 0.3 is 12.0 Å². The van der Waals surface area contributed by atoms with Crippen molar-refractivity contribution < 1.29 is 27.7 Å². The summed E-state index contributed by atoms with van der Waals surface area (Å²) >= 11 is 0. The van der Waals surface area contributed by atoms with Crippen LogP contribution < -0.4 is 22.5 Å². The van der Waals surface area contributed by atoms with E-state index in [2.05, 4.69) is 5.32 Å². The smallest absolute Gasteiger partial charge is 0.320 e. The van der Waals surface area contributed by atoms with Crippen LogP contribution in [0.4, 0.5) is 4.79 Å². The number of amides is 2. The number of carboxylic acids is 1. The normalized spacial score (nSPS) is 11.9. The fourth-order valence-electron chi connectivity index (χ4n) is 0.806. The van der Waals surface area contributed by atoms with Gasteiger partial charge < -0.3 is 27.6 Å². The molecule has 0 aromatic rings. The van der Waals surface area contributed by atoms with Gasteiger partial charge in [0.05, 0.1) is 5.75 Å². The maximum absolute atomic E-state index is 10.2. The lowest BCUT2D eigenvalue weighted by atomic mass is 10.2. The molecule has 0 fully saturated rings. The van der Waals surface area contributed by atoms with Gasteiger partial charge in [-0.1, -0.05) is 0 Å². The van der Waals surface area contributed by atoms with E-state index < -0.39 is 28.2 Å². The molecule has 1 atom stereocenters. The minimum absolute atomic E-state index is 0.0289. The molecule has 0 aliphatic heterocycles. The molecular weight excluding hydrogens is 280 g/mol. The molecule has 11 heteroatoms. The van der Waals surface area contributed by atoms with Crippen molar-refractivity contribution in [2.24, 2.45) is 17.2 Å². The largest absolute Gasteiger partial charge is 0.480 e. The molecule has 0 heterocycles. The van der Waals surface area contributed by atoms with Crippen molar-refractivity contribution in [1.29, 1.82) is 0 Å². The first-order valence-corrected chi connectivity index (χ1v) is 6.88. The van der Waals surface area contributed by atoms with Crippen molar-refractivity contribution in [1.82, 2.24) is 5.32 Å². The first-order valence-electron chi connectivity index (χ1n) is 5.27. The van der Waals surface area contributed by atoms with Crippen LogP contribution in [0.2, 0.25) is 0 Å². The van der Waals surface area contributed by atoms with E-state index in [1.807, 2.05) is 0 Å². The lowest BCUT2D eigenvalue weighted by molar-refractivity contribution is -0.138. The molecular formula is C8H20N4O6S. The third kappa shape index (κ3) is 19.1. The Labute approximate surface area is 111 Å². The molecule has 0 radical (unpaired) electrons. The summed E-state index contributed by atoms with van der Waals surface area (Å²) in [7, 11) is -3.80. The van der Waals surface area contributed by atoms with Crippen LogP contribution in [-0.2, 0) is 14.9 Å². The van der Waals surface area contributed by atoms with Gasteiger partial charge in [-0.15, -0.1) is 0 Å². The summed E-state index contributed by atoms with van der Waals surface area (Å²) in [5.74, 6) is -1.39. The van der Waals surface area contributed by atoms with Crippen molar-refractivity contribution in [3.05, 3.63) is 0 Å². The average molecular weight is 300 g/mol. The van der Waals surface area contributed by atoms with E-state index >= 15 is 0 Å². The topological polar surface area (TPSA) is 199 Å². The van der Waals surface area contributed by atoms with E-state index in [1.165, 1.54) is 0 Å². The summed E-state index contributed by atoms with van der Waals surface area (Å²) in [6, 6.07) is -1.47. The molecule has 2 amide bonds. The zero-order chi connectivity index (χ0) is 15.5. The molecule has 0 rings (SSSR count). The van der Waals surface area contributed by atoms with E-state index in [0.717, 1.165) is 0 Å². The standard InChI is InChI=1S/C6H13N3O3.C2H7NO3S/c7-4(5(10)11)2-1-3-9-6(8)12;3-1-2-7(4,5)6/h4H,1-3,7H2,(H,10,11)(H3,8,9,12);1-3H2,(H,4,5,6). The van der Waals surface area contributed by atoms with Crippen LogP contribution in [-0.4, -0.2) is 55.0 Å². The summed E-state index contributed by atoms with van der Waals surface area (Å²) < 4.78 is 27.3. The highest BCUT2D eigenvalue weighted by molar-refractivity contribution is 7.85. The number of nitrogens with two attached hydrogens (primary N) is 3. The molecule has 9 N–H and O–H groups in total. The molecule has 0 aliphatic carbocycles. The Hall–Kier alpha value is -1.43. The molecule has 0 aromatic heterocycles. The van der Waals surface area contributed by atoms with Crippen LogP contribution in [0.15, 0.2) is 0 Å². The average Bonchev–Trinajstić information content (AvgIpc) is 2.22. The van der Waals surface area contributed by atoms with Gasteiger partial charge in [-0.05, 0) is 12.8 Å². The number of carbonyl (C=O) groups excluding carboxylic acids is 1. The van der Waals surface area contributed by atoms with Crippen molar-refractivity contribution in [3.63, 3.8) is 0 Å². The minimum atomic E-state index is -3.80. The molecule has 0 bridgehead atoms. The second-order valence-corrected chi connectivity index (χ2v) is 5.02. The van der Waals surface area contributed by atoms with E-state index in [4.69, 9.17) is 26.9 Å². The van der Waals surface area contributed by atoms with Gasteiger partial charge in [0.2, 0.25) is 0 Å². The quantitative estimate of drug-likeness (QED) is 0.222. The summed E-state index contributed by atoms with van der Waals surface area (Å²) in [5, 5.41) is 10.7. The predicted octanol–water partition coefficient (Wildman–Crippen LogP) is -2.32. The third-order valence-corrected chi connectivity index (χ3v) is 2.44. The molecule has 0 saturated heterocycles. The van der Waals surface area contributed by atoms with Crippen molar-refractivity contribution >= 4 is 22.1 Å². The Morgan fingerprint density at radius 2 is 1.84 bits per heavy atom. The SMILES string of the molecule is NC(=O)NCCCC(N)C(=O)O.NCCS(=O)(=O)O. The Bertz CT molecular complexity index is 371. The fraction of sp³-hybridized carbons (Fsp3) is 0.750. The number of primary amides is 1. The zero-order valence-electron chi connectivity index (χ0n) is 10.3. The highest BCUT2D eigenvalue weighted by Crippen LogP contribution is 1.92. The second-order valence-electron chi connectivity index (χ2n) is 3.45. The number of rotatable bonds is 7. The number of hydrogen-bond acceptors (Lipinski definition) is 6. The molecule has 19 heavy (non-hydrogen) atoms. The van der Waals surface area contributed by atoms with E-state index in [9.17, 15) is 18.0 Å². The van der Waals surface area contributed by atoms with Crippen LogP contribution in [0.3, 0.4) is 0 Å². The number of carboxylic acid groups (broad SMARTS) is 1. The molecule has 1 unspecified atom stereocenters.